The van der Waals surface area contributed by atoms with Crippen molar-refractivity contribution in [3.8, 4) is 0 Å². The van der Waals surface area contributed by atoms with E-state index >= 15 is 0 Å². The Morgan fingerprint density at radius 1 is 1.41 bits per heavy atom. The Labute approximate surface area is 135 Å². The zero-order valence-electron chi connectivity index (χ0n) is 12.4. The van der Waals surface area contributed by atoms with Gasteiger partial charge in [-0.1, -0.05) is 30.3 Å². The number of nitrogens with zero attached hydrogens (tertiary/aromatic N) is 3. The highest BCUT2D eigenvalue weighted by Gasteiger charge is 2.33. The topological polar surface area (TPSA) is 68.2 Å². The van der Waals surface area contributed by atoms with Crippen LogP contribution in [0.4, 0.5) is 4.39 Å². The lowest BCUT2D eigenvalue weighted by molar-refractivity contribution is 0.231. The van der Waals surface area contributed by atoms with Gasteiger partial charge in [0.1, 0.15) is 5.82 Å². The summed E-state index contributed by atoms with van der Waals surface area (Å²) in [7, 11) is 0. The second-order valence-corrected chi connectivity index (χ2v) is 5.62. The van der Waals surface area contributed by atoms with Gasteiger partial charge in [-0.25, -0.2) is 4.39 Å². The minimum Gasteiger partial charge on any atom is -0.338 e. The van der Waals surface area contributed by atoms with Crippen LogP contribution in [0, 0.1) is 11.7 Å². The van der Waals surface area contributed by atoms with Gasteiger partial charge in [-0.3, -0.25) is 4.90 Å². The average molecular weight is 327 g/mol. The molecule has 0 amide bonds. The Hall–Kier alpha value is -1.50. The third-order valence-corrected chi connectivity index (χ3v) is 3.91. The Morgan fingerprint density at radius 3 is 2.86 bits per heavy atom. The monoisotopic (exact) mass is 326 g/mol. The molecule has 1 aromatic heterocycles. The fourth-order valence-electron chi connectivity index (χ4n) is 2.99. The Bertz CT molecular complexity index is 621. The van der Waals surface area contributed by atoms with Crippen molar-refractivity contribution in [2.75, 3.05) is 6.54 Å². The minimum absolute atomic E-state index is 0. The van der Waals surface area contributed by atoms with Crippen molar-refractivity contribution >= 4 is 12.4 Å². The zero-order valence-corrected chi connectivity index (χ0v) is 13.2. The predicted octanol–water partition coefficient (Wildman–Crippen LogP) is 2.67. The third-order valence-electron chi connectivity index (χ3n) is 3.91. The highest BCUT2D eigenvalue weighted by Crippen LogP contribution is 2.36. The Kier molecular flexibility index (Phi) is 5.50. The smallest absolute Gasteiger partial charge is 0.240 e. The molecule has 2 N–H and O–H groups in total. The Morgan fingerprint density at radius 2 is 2.18 bits per heavy atom. The van der Waals surface area contributed by atoms with Crippen LogP contribution >= 0.6 is 12.4 Å². The molecule has 1 aliphatic rings. The molecule has 3 rings (SSSR count). The molecule has 0 bridgehead atoms. The maximum absolute atomic E-state index is 14.0. The lowest BCUT2D eigenvalue weighted by Crippen LogP contribution is -2.24. The molecule has 1 aromatic carbocycles. The van der Waals surface area contributed by atoms with Gasteiger partial charge >= 0.3 is 0 Å². The summed E-state index contributed by atoms with van der Waals surface area (Å²) in [6, 6.07) is 7.01. The summed E-state index contributed by atoms with van der Waals surface area (Å²) in [5.74, 6) is 1.39. The van der Waals surface area contributed by atoms with Gasteiger partial charge in [-0.2, -0.15) is 4.98 Å². The first kappa shape index (κ1) is 16.9. The lowest BCUT2D eigenvalue weighted by atomic mass is 10.0. The molecule has 0 aliphatic carbocycles. The molecule has 2 unspecified atom stereocenters. The molecular formula is C15H20ClFN4O. The third kappa shape index (κ3) is 3.45. The minimum atomic E-state index is -0.155. The number of nitrogens with two attached hydrogens (primary N) is 1. The van der Waals surface area contributed by atoms with Gasteiger partial charge in [0.2, 0.25) is 5.89 Å². The molecule has 1 fully saturated rings. The molecule has 7 heteroatoms. The van der Waals surface area contributed by atoms with Crippen LogP contribution in [0.1, 0.15) is 36.7 Å². The first-order valence-electron chi connectivity index (χ1n) is 7.17. The van der Waals surface area contributed by atoms with Crippen LogP contribution in [0.5, 0.6) is 0 Å². The maximum Gasteiger partial charge on any atom is 0.240 e. The normalized spacial score (nSPS) is 21.8. The molecule has 0 spiro atoms. The number of hydrogen-bond acceptors (Lipinski definition) is 5. The van der Waals surface area contributed by atoms with Gasteiger partial charge < -0.3 is 10.3 Å². The van der Waals surface area contributed by atoms with Crippen LogP contribution in [-0.4, -0.2) is 21.6 Å². The molecular weight excluding hydrogens is 307 g/mol. The molecule has 0 saturated carbocycles. The fourth-order valence-corrected chi connectivity index (χ4v) is 2.99. The van der Waals surface area contributed by atoms with Crippen LogP contribution in [0.25, 0.3) is 0 Å². The van der Waals surface area contributed by atoms with E-state index in [-0.39, 0.29) is 30.8 Å². The average Bonchev–Trinajstić information content (AvgIpc) is 3.06. The van der Waals surface area contributed by atoms with Crippen LogP contribution in [0.2, 0.25) is 0 Å². The summed E-state index contributed by atoms with van der Waals surface area (Å²) in [6.07, 6.45) is 0.933. The van der Waals surface area contributed by atoms with Gasteiger partial charge in [0, 0.05) is 18.2 Å². The lowest BCUT2D eigenvalue weighted by Gasteiger charge is -2.23. The summed E-state index contributed by atoms with van der Waals surface area (Å²) < 4.78 is 19.1. The molecule has 2 heterocycles. The highest BCUT2D eigenvalue weighted by molar-refractivity contribution is 5.85. The van der Waals surface area contributed by atoms with E-state index in [0.717, 1.165) is 18.5 Å². The Balaban J connectivity index is 0.00000176. The highest BCUT2D eigenvalue weighted by atomic mass is 35.5. The van der Waals surface area contributed by atoms with E-state index in [1.807, 2.05) is 12.1 Å². The van der Waals surface area contributed by atoms with E-state index in [1.165, 1.54) is 6.07 Å². The van der Waals surface area contributed by atoms with Crippen molar-refractivity contribution in [3.63, 3.8) is 0 Å². The molecule has 0 radical (unpaired) electrons. The van der Waals surface area contributed by atoms with Crippen molar-refractivity contribution in [2.45, 2.75) is 32.5 Å². The molecule has 2 atom stereocenters. The standard InChI is InChI=1S/C15H19FN4O.ClH/c1-10-6-13(11-4-2-3-5-12(11)16)20(8-10)9-14-18-15(7-17)21-19-14;/h2-5,10,13H,6-9,17H2,1H3;1H. The van der Waals surface area contributed by atoms with Crippen LogP contribution in [0.3, 0.4) is 0 Å². The van der Waals surface area contributed by atoms with Crippen LogP contribution in [-0.2, 0) is 13.1 Å². The zero-order chi connectivity index (χ0) is 14.8. The fraction of sp³-hybridized carbons (Fsp3) is 0.467. The maximum atomic E-state index is 14.0. The summed E-state index contributed by atoms with van der Waals surface area (Å²) in [5.41, 5.74) is 6.21. The van der Waals surface area contributed by atoms with E-state index in [4.69, 9.17) is 10.3 Å². The van der Waals surface area contributed by atoms with Crippen molar-refractivity contribution in [1.82, 2.24) is 15.0 Å². The van der Waals surface area contributed by atoms with Crippen molar-refractivity contribution in [2.24, 2.45) is 11.7 Å². The SMILES string of the molecule is CC1CC(c2ccccc2F)N(Cc2noc(CN)n2)C1.Cl. The summed E-state index contributed by atoms with van der Waals surface area (Å²) in [6.45, 7) is 3.86. The van der Waals surface area contributed by atoms with Crippen LogP contribution < -0.4 is 5.73 Å². The second-order valence-electron chi connectivity index (χ2n) is 5.62. The number of halogens is 2. The van der Waals surface area contributed by atoms with E-state index in [0.29, 0.717) is 24.2 Å². The predicted molar refractivity (Wildman–Crippen MR) is 82.8 cm³/mol. The van der Waals surface area contributed by atoms with E-state index in [9.17, 15) is 4.39 Å². The number of rotatable bonds is 4. The number of likely N-dealkylation sites (tertiary alicyclic amines) is 1. The van der Waals surface area contributed by atoms with E-state index in [1.54, 1.807) is 6.07 Å². The van der Waals surface area contributed by atoms with Gasteiger partial charge in [0.15, 0.2) is 5.82 Å². The van der Waals surface area contributed by atoms with E-state index in [2.05, 4.69) is 22.0 Å². The summed E-state index contributed by atoms with van der Waals surface area (Å²) in [4.78, 5) is 6.43. The summed E-state index contributed by atoms with van der Waals surface area (Å²) >= 11 is 0. The summed E-state index contributed by atoms with van der Waals surface area (Å²) in [5, 5.41) is 3.92. The molecule has 2 aromatic rings. The van der Waals surface area contributed by atoms with Gasteiger partial charge in [0.05, 0.1) is 13.1 Å². The first-order valence-corrected chi connectivity index (χ1v) is 7.17. The van der Waals surface area contributed by atoms with Crippen molar-refractivity contribution in [3.05, 3.63) is 47.4 Å². The van der Waals surface area contributed by atoms with Gasteiger partial charge in [0.25, 0.3) is 0 Å². The molecule has 120 valence electrons. The number of hydrogen-bond donors (Lipinski definition) is 1. The molecule has 1 aliphatic heterocycles. The van der Waals surface area contributed by atoms with Crippen LogP contribution in [0.15, 0.2) is 28.8 Å². The number of aromatic nitrogens is 2. The molecule has 5 nitrogen and oxygen atoms in total. The quantitative estimate of drug-likeness (QED) is 0.935. The second kappa shape index (κ2) is 7.17. The van der Waals surface area contributed by atoms with Gasteiger partial charge in [-0.15, -0.1) is 12.4 Å². The molecule has 1 saturated heterocycles. The van der Waals surface area contributed by atoms with E-state index < -0.39 is 0 Å². The number of benzene rings is 1. The first-order chi connectivity index (χ1) is 10.2. The van der Waals surface area contributed by atoms with Gasteiger partial charge in [-0.05, 0) is 18.4 Å². The molecule has 22 heavy (non-hydrogen) atoms. The largest absolute Gasteiger partial charge is 0.338 e. The van der Waals surface area contributed by atoms with Crippen molar-refractivity contribution < 1.29 is 8.91 Å². The van der Waals surface area contributed by atoms with Crippen molar-refractivity contribution in [1.29, 1.82) is 0 Å².